The Labute approximate surface area is 117 Å². The van der Waals surface area contributed by atoms with Gasteiger partial charge >= 0.3 is 0 Å². The minimum Gasteiger partial charge on any atom is -0.490 e. The molecule has 2 aliphatic rings. The van der Waals surface area contributed by atoms with Gasteiger partial charge in [-0.1, -0.05) is 15.9 Å². The van der Waals surface area contributed by atoms with Crippen LogP contribution in [0, 0.1) is 0 Å². The van der Waals surface area contributed by atoms with Crippen molar-refractivity contribution in [2.75, 3.05) is 13.1 Å². The van der Waals surface area contributed by atoms with Gasteiger partial charge in [-0.15, -0.1) is 0 Å². The quantitative estimate of drug-likeness (QED) is 0.915. The smallest absolute Gasteiger partial charge is 0.123 e. The fourth-order valence-electron chi connectivity index (χ4n) is 2.73. The van der Waals surface area contributed by atoms with E-state index in [0.29, 0.717) is 12.0 Å². The minimum atomic E-state index is 0.460. The van der Waals surface area contributed by atoms with E-state index < -0.39 is 0 Å². The largest absolute Gasteiger partial charge is 0.490 e. The number of nitrogens with one attached hydrogen (secondary N) is 1. The number of ether oxygens (including phenoxy) is 1. The summed E-state index contributed by atoms with van der Waals surface area (Å²) in [5.74, 6) is 1.71. The molecule has 1 unspecified atom stereocenters. The first kappa shape index (κ1) is 12.5. The van der Waals surface area contributed by atoms with E-state index in [2.05, 4.69) is 39.4 Å². The maximum absolute atomic E-state index is 6.14. The van der Waals surface area contributed by atoms with Crippen molar-refractivity contribution in [2.24, 2.45) is 0 Å². The molecule has 0 bridgehead atoms. The molecule has 0 amide bonds. The van der Waals surface area contributed by atoms with Crippen molar-refractivity contribution >= 4 is 15.9 Å². The van der Waals surface area contributed by atoms with Crippen LogP contribution >= 0.6 is 15.9 Å². The summed E-state index contributed by atoms with van der Waals surface area (Å²) >= 11 is 3.58. The molecule has 0 radical (unpaired) electrons. The van der Waals surface area contributed by atoms with Crippen LogP contribution in [0.2, 0.25) is 0 Å². The zero-order valence-corrected chi connectivity index (χ0v) is 12.2. The summed E-state index contributed by atoms with van der Waals surface area (Å²) in [6.45, 7) is 2.24. The summed E-state index contributed by atoms with van der Waals surface area (Å²) in [5, 5.41) is 3.49. The summed E-state index contributed by atoms with van der Waals surface area (Å²) in [7, 11) is 0. The van der Waals surface area contributed by atoms with Crippen LogP contribution < -0.4 is 10.1 Å². The van der Waals surface area contributed by atoms with Gasteiger partial charge in [0.05, 0.1) is 6.10 Å². The number of benzene rings is 1. The Bertz CT molecular complexity index is 411. The monoisotopic (exact) mass is 309 g/mol. The first-order valence-electron chi connectivity index (χ1n) is 7.00. The maximum atomic E-state index is 6.14. The van der Waals surface area contributed by atoms with Gasteiger partial charge in [0.25, 0.3) is 0 Å². The van der Waals surface area contributed by atoms with Crippen LogP contribution in [0.25, 0.3) is 0 Å². The molecule has 1 aliphatic heterocycles. The third-order valence-electron chi connectivity index (χ3n) is 4.05. The molecule has 2 nitrogen and oxygen atoms in total. The molecule has 0 spiro atoms. The Kier molecular flexibility index (Phi) is 3.90. The fraction of sp³-hybridized carbons (Fsp3) is 0.600. The van der Waals surface area contributed by atoms with Crippen LogP contribution in [-0.2, 0) is 0 Å². The van der Waals surface area contributed by atoms with E-state index in [0.717, 1.165) is 23.3 Å². The van der Waals surface area contributed by atoms with E-state index in [1.165, 1.54) is 37.7 Å². The SMILES string of the molecule is Brc1ccc(OC2CCC2)c(C2CCCNC2)c1. The van der Waals surface area contributed by atoms with Crippen molar-refractivity contribution in [3.8, 4) is 5.75 Å². The molecule has 1 saturated heterocycles. The van der Waals surface area contributed by atoms with Crippen molar-refractivity contribution in [3.63, 3.8) is 0 Å². The lowest BCUT2D eigenvalue weighted by molar-refractivity contribution is 0.118. The van der Waals surface area contributed by atoms with Gasteiger partial charge < -0.3 is 10.1 Å². The highest BCUT2D eigenvalue weighted by molar-refractivity contribution is 9.10. The molecule has 1 N–H and O–H groups in total. The van der Waals surface area contributed by atoms with Gasteiger partial charge in [-0.25, -0.2) is 0 Å². The number of piperidine rings is 1. The van der Waals surface area contributed by atoms with E-state index in [1.54, 1.807) is 0 Å². The fourth-order valence-corrected chi connectivity index (χ4v) is 3.11. The molecule has 1 atom stereocenters. The van der Waals surface area contributed by atoms with Crippen LogP contribution in [-0.4, -0.2) is 19.2 Å². The minimum absolute atomic E-state index is 0.460. The van der Waals surface area contributed by atoms with Crippen molar-refractivity contribution in [1.29, 1.82) is 0 Å². The first-order valence-corrected chi connectivity index (χ1v) is 7.79. The van der Waals surface area contributed by atoms with Crippen LogP contribution in [0.5, 0.6) is 5.75 Å². The van der Waals surface area contributed by atoms with Gasteiger partial charge in [0.1, 0.15) is 5.75 Å². The van der Waals surface area contributed by atoms with Gasteiger partial charge in [-0.2, -0.15) is 0 Å². The van der Waals surface area contributed by atoms with Gasteiger partial charge in [-0.05, 0) is 62.4 Å². The second-order valence-corrected chi connectivity index (χ2v) is 6.31. The lowest BCUT2D eigenvalue weighted by Crippen LogP contribution is -2.30. The van der Waals surface area contributed by atoms with E-state index in [4.69, 9.17) is 4.74 Å². The number of halogens is 1. The van der Waals surface area contributed by atoms with E-state index in [1.807, 2.05) is 0 Å². The molecule has 3 rings (SSSR count). The van der Waals surface area contributed by atoms with Crippen molar-refractivity contribution in [1.82, 2.24) is 5.32 Å². The molecule has 98 valence electrons. The van der Waals surface area contributed by atoms with Crippen molar-refractivity contribution < 1.29 is 4.74 Å². The summed E-state index contributed by atoms with van der Waals surface area (Å²) in [5.41, 5.74) is 1.38. The molecule has 1 heterocycles. The lowest BCUT2D eigenvalue weighted by Gasteiger charge is -2.30. The predicted octanol–water partition coefficient (Wildman–Crippen LogP) is 3.85. The Morgan fingerprint density at radius 2 is 2.06 bits per heavy atom. The second kappa shape index (κ2) is 5.62. The summed E-state index contributed by atoms with van der Waals surface area (Å²) in [6, 6.07) is 6.46. The van der Waals surface area contributed by atoms with Crippen LogP contribution in [0.4, 0.5) is 0 Å². The van der Waals surface area contributed by atoms with Gasteiger partial charge in [-0.3, -0.25) is 0 Å². The maximum Gasteiger partial charge on any atom is 0.123 e. The first-order chi connectivity index (χ1) is 8.83. The second-order valence-electron chi connectivity index (χ2n) is 5.40. The van der Waals surface area contributed by atoms with Crippen LogP contribution in [0.15, 0.2) is 22.7 Å². The van der Waals surface area contributed by atoms with E-state index in [9.17, 15) is 0 Å². The molecule has 1 aliphatic carbocycles. The molecular formula is C15H20BrNO. The highest BCUT2D eigenvalue weighted by atomic mass is 79.9. The Hall–Kier alpha value is -0.540. The molecule has 1 aromatic carbocycles. The average molecular weight is 310 g/mol. The summed E-state index contributed by atoms with van der Waals surface area (Å²) in [6.07, 6.45) is 6.75. The summed E-state index contributed by atoms with van der Waals surface area (Å²) < 4.78 is 7.30. The Morgan fingerprint density at radius 1 is 1.17 bits per heavy atom. The average Bonchev–Trinajstić information content (AvgIpc) is 2.36. The lowest BCUT2D eigenvalue weighted by atomic mass is 9.90. The number of hydrogen-bond donors (Lipinski definition) is 1. The van der Waals surface area contributed by atoms with E-state index in [-0.39, 0.29) is 0 Å². The molecule has 3 heteroatoms. The van der Waals surface area contributed by atoms with Gasteiger partial charge in [0.15, 0.2) is 0 Å². The Balaban J connectivity index is 1.81. The molecule has 18 heavy (non-hydrogen) atoms. The van der Waals surface area contributed by atoms with Crippen LogP contribution in [0.3, 0.4) is 0 Å². The van der Waals surface area contributed by atoms with Crippen molar-refractivity contribution in [2.45, 2.75) is 44.1 Å². The molecule has 0 aromatic heterocycles. The number of rotatable bonds is 3. The van der Waals surface area contributed by atoms with Gasteiger partial charge in [0.2, 0.25) is 0 Å². The predicted molar refractivity (Wildman–Crippen MR) is 77.3 cm³/mol. The van der Waals surface area contributed by atoms with Crippen molar-refractivity contribution in [3.05, 3.63) is 28.2 Å². The highest BCUT2D eigenvalue weighted by Gasteiger charge is 2.24. The summed E-state index contributed by atoms with van der Waals surface area (Å²) in [4.78, 5) is 0. The zero-order chi connectivity index (χ0) is 12.4. The zero-order valence-electron chi connectivity index (χ0n) is 10.6. The van der Waals surface area contributed by atoms with Crippen LogP contribution in [0.1, 0.15) is 43.6 Å². The molecule has 1 saturated carbocycles. The highest BCUT2D eigenvalue weighted by Crippen LogP contribution is 2.36. The number of hydrogen-bond acceptors (Lipinski definition) is 2. The normalized spacial score (nSPS) is 24.6. The standard InChI is InChI=1S/C15H20BrNO/c16-12-6-7-15(18-13-4-1-5-13)14(9-12)11-3-2-8-17-10-11/h6-7,9,11,13,17H,1-5,8,10H2. The van der Waals surface area contributed by atoms with Gasteiger partial charge in [0, 0.05) is 16.9 Å². The molecular weight excluding hydrogens is 290 g/mol. The third kappa shape index (κ3) is 2.72. The topological polar surface area (TPSA) is 21.3 Å². The van der Waals surface area contributed by atoms with E-state index >= 15 is 0 Å². The molecule has 1 aromatic rings. The Morgan fingerprint density at radius 3 is 2.72 bits per heavy atom. The third-order valence-corrected chi connectivity index (χ3v) is 4.55. The molecule has 2 fully saturated rings.